The van der Waals surface area contributed by atoms with Crippen LogP contribution < -0.4 is 10.1 Å². The van der Waals surface area contributed by atoms with Crippen molar-refractivity contribution >= 4 is 33.3 Å². The van der Waals surface area contributed by atoms with Crippen molar-refractivity contribution in [1.29, 1.82) is 0 Å². The molecule has 1 spiro atoms. The number of carbonyl (C=O) groups excluding carboxylic acids is 2. The van der Waals surface area contributed by atoms with Crippen molar-refractivity contribution in [3.05, 3.63) is 59.1 Å². The molecule has 1 saturated heterocycles. The van der Waals surface area contributed by atoms with Gasteiger partial charge in [0, 0.05) is 24.7 Å². The maximum Gasteiger partial charge on any atom is 0.238 e. The van der Waals surface area contributed by atoms with E-state index in [2.05, 4.69) is 11.4 Å². The van der Waals surface area contributed by atoms with Gasteiger partial charge in [0.05, 0.1) is 16.9 Å². The lowest BCUT2D eigenvalue weighted by Gasteiger charge is -2.41. The normalized spacial score (nSPS) is 19.1. The summed E-state index contributed by atoms with van der Waals surface area (Å²) in [4.78, 5) is 27.8. The monoisotopic (exact) mass is 532 g/mol. The average molecular weight is 533 g/mol. The molecular weight excluding hydrogens is 500 g/mol. The van der Waals surface area contributed by atoms with Crippen molar-refractivity contribution in [3.63, 3.8) is 0 Å². The molecule has 0 saturated carbocycles. The van der Waals surface area contributed by atoms with Crippen LogP contribution in [0.3, 0.4) is 0 Å². The number of aryl methyl sites for hydroxylation is 1. The molecule has 0 aliphatic carbocycles. The van der Waals surface area contributed by atoms with Gasteiger partial charge in [-0.25, -0.2) is 8.42 Å². The minimum Gasteiger partial charge on any atom is -0.493 e. The van der Waals surface area contributed by atoms with E-state index in [1.165, 1.54) is 29.8 Å². The molecule has 2 heterocycles. The number of benzene rings is 2. The molecule has 1 fully saturated rings. The Balaban J connectivity index is 1.38. The Morgan fingerprint density at radius 3 is 2.47 bits per heavy atom. The third kappa shape index (κ3) is 6.40. The molecule has 9 heteroatoms. The van der Waals surface area contributed by atoms with Crippen LogP contribution >= 0.6 is 11.6 Å². The summed E-state index contributed by atoms with van der Waals surface area (Å²) in [6, 6.07) is 13.9. The zero-order valence-electron chi connectivity index (χ0n) is 20.4. The van der Waals surface area contributed by atoms with E-state index in [1.54, 1.807) is 4.90 Å². The van der Waals surface area contributed by atoms with Gasteiger partial charge in [-0.3, -0.25) is 9.59 Å². The number of carbonyl (C=O) groups is 2. The second kappa shape index (κ2) is 11.6. The number of rotatable bonds is 3. The predicted octanol–water partition coefficient (Wildman–Crippen LogP) is 4.03. The van der Waals surface area contributed by atoms with Crippen LogP contribution in [0.1, 0.15) is 44.1 Å². The van der Waals surface area contributed by atoms with Crippen molar-refractivity contribution in [2.45, 2.75) is 49.8 Å². The Kier molecular flexibility index (Phi) is 8.57. The number of piperidine rings is 1. The highest BCUT2D eigenvalue weighted by molar-refractivity contribution is 7.92. The van der Waals surface area contributed by atoms with Gasteiger partial charge in [-0.1, -0.05) is 36.2 Å². The summed E-state index contributed by atoms with van der Waals surface area (Å²) < 4.78 is 31.4. The topological polar surface area (TPSA) is 92.8 Å². The van der Waals surface area contributed by atoms with Crippen molar-refractivity contribution in [2.75, 3.05) is 32.0 Å². The lowest BCUT2D eigenvalue weighted by atomic mass is 9.73. The quantitative estimate of drug-likeness (QED) is 0.644. The van der Waals surface area contributed by atoms with Crippen LogP contribution in [0.25, 0.3) is 0 Å². The van der Waals surface area contributed by atoms with Gasteiger partial charge in [0.1, 0.15) is 11.5 Å². The fourth-order valence-electron chi connectivity index (χ4n) is 5.03. The van der Waals surface area contributed by atoms with E-state index in [-0.39, 0.29) is 10.8 Å². The fourth-order valence-corrected chi connectivity index (χ4v) is 6.38. The zero-order chi connectivity index (χ0) is 25.6. The molecule has 2 aliphatic heterocycles. The number of hydrogen-bond acceptors (Lipinski definition) is 5. The van der Waals surface area contributed by atoms with E-state index in [0.29, 0.717) is 50.5 Å². The number of halogens is 1. The molecule has 2 aliphatic rings. The first-order chi connectivity index (χ1) is 17.3. The number of ether oxygens (including phenoxy) is 1. The summed E-state index contributed by atoms with van der Waals surface area (Å²) >= 11 is 5.85. The largest absolute Gasteiger partial charge is 0.493 e. The van der Waals surface area contributed by atoms with Crippen LogP contribution in [0.2, 0.25) is 5.02 Å². The molecule has 2 aromatic rings. The van der Waals surface area contributed by atoms with E-state index in [0.717, 1.165) is 31.4 Å². The molecule has 0 bridgehead atoms. The van der Waals surface area contributed by atoms with Gasteiger partial charge >= 0.3 is 0 Å². The van der Waals surface area contributed by atoms with Gasteiger partial charge in [0.2, 0.25) is 11.8 Å². The molecule has 36 heavy (non-hydrogen) atoms. The van der Waals surface area contributed by atoms with Crippen LogP contribution in [0.15, 0.2) is 53.4 Å². The molecule has 0 radical (unpaired) electrons. The molecule has 194 valence electrons. The number of amides is 2. The van der Waals surface area contributed by atoms with Crippen LogP contribution in [-0.2, 0) is 25.8 Å². The van der Waals surface area contributed by atoms with E-state index in [4.69, 9.17) is 16.3 Å². The van der Waals surface area contributed by atoms with Crippen LogP contribution in [-0.4, -0.2) is 57.1 Å². The third-order valence-corrected chi connectivity index (χ3v) is 9.10. The summed E-state index contributed by atoms with van der Waals surface area (Å²) in [6.07, 6.45) is 5.23. The van der Waals surface area contributed by atoms with E-state index in [9.17, 15) is 18.0 Å². The molecule has 0 unspecified atom stereocenters. The average Bonchev–Trinajstić information content (AvgIpc) is 2.88. The number of nitrogens with zero attached hydrogens (tertiary/aromatic N) is 1. The summed E-state index contributed by atoms with van der Waals surface area (Å²) in [5, 5.41) is 3.52. The Labute approximate surface area is 218 Å². The first-order valence-electron chi connectivity index (χ1n) is 12.5. The lowest BCUT2D eigenvalue weighted by Crippen LogP contribution is -2.51. The molecule has 0 atom stereocenters. The SMILES string of the molecule is O=C(CS(=O)(=O)c1ccc(Cl)cc1)N1CCC2(CCCCc3ccccc3OCCCNC2=O)CC1. The van der Waals surface area contributed by atoms with Crippen molar-refractivity contribution in [3.8, 4) is 5.75 Å². The Hall–Kier alpha value is -2.58. The minimum atomic E-state index is -3.77. The second-order valence-electron chi connectivity index (χ2n) is 9.65. The summed E-state index contributed by atoms with van der Waals surface area (Å²) in [7, 11) is -3.77. The molecule has 4 rings (SSSR count). The molecule has 2 amide bonds. The van der Waals surface area contributed by atoms with E-state index in [1.807, 2.05) is 18.2 Å². The van der Waals surface area contributed by atoms with E-state index < -0.39 is 26.9 Å². The predicted molar refractivity (Wildman–Crippen MR) is 139 cm³/mol. The Morgan fingerprint density at radius 1 is 1.00 bits per heavy atom. The van der Waals surface area contributed by atoms with Gasteiger partial charge in [0.15, 0.2) is 9.84 Å². The highest BCUT2D eigenvalue weighted by atomic mass is 35.5. The van der Waals surface area contributed by atoms with Crippen LogP contribution in [0.5, 0.6) is 5.75 Å². The summed E-state index contributed by atoms with van der Waals surface area (Å²) in [5.74, 6) is -0.0790. The smallest absolute Gasteiger partial charge is 0.238 e. The highest BCUT2D eigenvalue weighted by Crippen LogP contribution is 2.38. The number of nitrogens with one attached hydrogen (secondary N) is 1. The van der Waals surface area contributed by atoms with Crippen LogP contribution in [0, 0.1) is 5.41 Å². The summed E-state index contributed by atoms with van der Waals surface area (Å²) in [5.41, 5.74) is 0.646. The molecule has 1 N–H and O–H groups in total. The molecule has 7 nitrogen and oxygen atoms in total. The highest BCUT2D eigenvalue weighted by Gasteiger charge is 2.42. The fraction of sp³-hybridized carbons (Fsp3) is 0.481. The summed E-state index contributed by atoms with van der Waals surface area (Å²) in [6.45, 7) is 1.81. The van der Waals surface area contributed by atoms with Gasteiger partial charge in [-0.15, -0.1) is 0 Å². The van der Waals surface area contributed by atoms with Gasteiger partial charge < -0.3 is 15.0 Å². The first kappa shape index (κ1) is 26.5. The van der Waals surface area contributed by atoms with Crippen molar-refractivity contribution in [2.24, 2.45) is 5.41 Å². The second-order valence-corrected chi connectivity index (χ2v) is 12.1. The molecule has 0 aromatic heterocycles. The minimum absolute atomic E-state index is 0.0279. The van der Waals surface area contributed by atoms with Crippen molar-refractivity contribution in [1.82, 2.24) is 10.2 Å². The molecular formula is C27H33ClN2O5S. The van der Waals surface area contributed by atoms with Crippen molar-refractivity contribution < 1.29 is 22.7 Å². The third-order valence-electron chi connectivity index (χ3n) is 7.23. The standard InChI is InChI=1S/C27H33ClN2O5S/c28-22-9-11-23(12-10-22)36(33,34)20-25(31)30-17-14-27(15-18-30)13-4-3-7-21-6-1-2-8-24(21)35-19-5-16-29-26(27)32/h1-2,6,8-12H,3-5,7,13-20H2,(H,29,32). The lowest BCUT2D eigenvalue weighted by molar-refractivity contribution is -0.139. The maximum atomic E-state index is 13.3. The van der Waals surface area contributed by atoms with Gasteiger partial charge in [-0.2, -0.15) is 0 Å². The Bertz CT molecular complexity index is 1170. The molecule has 2 aromatic carbocycles. The number of likely N-dealkylation sites (tertiary alicyclic amines) is 1. The Morgan fingerprint density at radius 2 is 1.72 bits per heavy atom. The zero-order valence-corrected chi connectivity index (χ0v) is 22.0. The first-order valence-corrected chi connectivity index (χ1v) is 14.6. The number of hydrogen-bond donors (Lipinski definition) is 1. The van der Waals surface area contributed by atoms with E-state index >= 15 is 0 Å². The van der Waals surface area contributed by atoms with Crippen LogP contribution in [0.4, 0.5) is 0 Å². The number of sulfone groups is 1. The number of para-hydroxylation sites is 1. The van der Waals surface area contributed by atoms with Gasteiger partial charge in [0.25, 0.3) is 0 Å². The van der Waals surface area contributed by atoms with Gasteiger partial charge in [-0.05, 0) is 74.4 Å². The number of fused-ring (bicyclic) bond motifs is 1. The maximum absolute atomic E-state index is 13.3.